The Balaban J connectivity index is 2.85. The number of nitrogens with zero attached hydrogens (tertiary/aromatic N) is 1. The minimum atomic E-state index is -0.187. The van der Waals surface area contributed by atoms with E-state index in [0.717, 1.165) is 6.42 Å². The summed E-state index contributed by atoms with van der Waals surface area (Å²) in [6.45, 7) is 7.66. The summed E-state index contributed by atoms with van der Waals surface area (Å²) in [6, 6.07) is 0.234. The third kappa shape index (κ3) is 1.17. The first-order valence-electron chi connectivity index (χ1n) is 3.89. The van der Waals surface area contributed by atoms with Crippen molar-refractivity contribution in [3.05, 3.63) is 12.7 Å². The van der Waals surface area contributed by atoms with Gasteiger partial charge in [0, 0.05) is 12.5 Å². The summed E-state index contributed by atoms with van der Waals surface area (Å²) in [5.41, 5.74) is -0.187. The van der Waals surface area contributed by atoms with Crippen LogP contribution in [0.4, 0.5) is 0 Å². The number of hydrogen-bond acceptors (Lipinski definition) is 1. The van der Waals surface area contributed by atoms with Crippen LogP contribution in [-0.4, -0.2) is 23.9 Å². The monoisotopic (exact) mass is 153 g/mol. The molecule has 11 heavy (non-hydrogen) atoms. The summed E-state index contributed by atoms with van der Waals surface area (Å²) < 4.78 is 0. The summed E-state index contributed by atoms with van der Waals surface area (Å²) in [7, 11) is 1.84. The molecule has 0 aromatic heterocycles. The lowest BCUT2D eigenvalue weighted by molar-refractivity contribution is -0.133. The molecule has 2 heteroatoms. The average molecular weight is 153 g/mol. The van der Waals surface area contributed by atoms with E-state index in [-0.39, 0.29) is 17.4 Å². The molecule has 1 amide bonds. The quantitative estimate of drug-likeness (QED) is 0.522. The second-order valence-electron chi connectivity index (χ2n) is 3.81. The number of likely N-dealkylation sites (tertiary alicyclic amines) is 1. The minimum Gasteiger partial charge on any atom is -0.339 e. The highest BCUT2D eigenvalue weighted by atomic mass is 16.2. The lowest BCUT2D eigenvalue weighted by Gasteiger charge is -2.16. The maximum atomic E-state index is 11.5. The molecule has 1 rings (SSSR count). The lowest BCUT2D eigenvalue weighted by Crippen LogP contribution is -2.30. The first kappa shape index (κ1) is 8.31. The molecule has 1 atom stereocenters. The Hall–Kier alpha value is -0.790. The van der Waals surface area contributed by atoms with Crippen LogP contribution in [0.3, 0.4) is 0 Å². The van der Waals surface area contributed by atoms with Gasteiger partial charge in [0.2, 0.25) is 5.91 Å². The van der Waals surface area contributed by atoms with Crippen LogP contribution in [0, 0.1) is 5.41 Å². The second-order valence-corrected chi connectivity index (χ2v) is 3.81. The van der Waals surface area contributed by atoms with Gasteiger partial charge >= 0.3 is 0 Å². The highest BCUT2D eigenvalue weighted by Gasteiger charge is 2.41. The summed E-state index contributed by atoms with van der Waals surface area (Å²) in [5.74, 6) is 0.224. The zero-order valence-corrected chi connectivity index (χ0v) is 7.42. The molecule has 1 fully saturated rings. The molecule has 1 unspecified atom stereocenters. The molecule has 1 saturated heterocycles. The number of amides is 1. The molecule has 1 aliphatic rings. The van der Waals surface area contributed by atoms with Gasteiger partial charge in [-0.05, 0) is 6.42 Å². The van der Waals surface area contributed by atoms with Crippen LogP contribution in [0.25, 0.3) is 0 Å². The van der Waals surface area contributed by atoms with Crippen molar-refractivity contribution in [2.45, 2.75) is 26.3 Å². The standard InChI is InChI=1S/C9H15NO/c1-5-7-6-9(2,3)8(11)10(7)4/h5,7H,1,6H2,2-4H3. The molecule has 0 aliphatic carbocycles. The fourth-order valence-electron chi connectivity index (χ4n) is 1.62. The highest BCUT2D eigenvalue weighted by molar-refractivity contribution is 5.84. The molecular formula is C9H15NO. The molecule has 2 nitrogen and oxygen atoms in total. The summed E-state index contributed by atoms with van der Waals surface area (Å²) in [5, 5.41) is 0. The first-order valence-corrected chi connectivity index (χ1v) is 3.89. The molecular weight excluding hydrogens is 138 g/mol. The van der Waals surface area contributed by atoms with Crippen LogP contribution in [0.5, 0.6) is 0 Å². The van der Waals surface area contributed by atoms with E-state index in [0.29, 0.717) is 0 Å². The molecule has 0 N–H and O–H groups in total. The largest absolute Gasteiger partial charge is 0.339 e. The van der Waals surface area contributed by atoms with Crippen molar-refractivity contribution in [1.29, 1.82) is 0 Å². The minimum absolute atomic E-state index is 0.187. The smallest absolute Gasteiger partial charge is 0.228 e. The third-order valence-electron chi connectivity index (χ3n) is 2.39. The molecule has 0 spiro atoms. The highest BCUT2D eigenvalue weighted by Crippen LogP contribution is 2.34. The van der Waals surface area contributed by atoms with Gasteiger partial charge in [-0.15, -0.1) is 6.58 Å². The predicted octanol–water partition coefficient (Wildman–Crippen LogP) is 1.43. The molecule has 0 aromatic carbocycles. The zero-order valence-electron chi connectivity index (χ0n) is 7.42. The number of hydrogen-bond donors (Lipinski definition) is 0. The van der Waals surface area contributed by atoms with Crippen molar-refractivity contribution in [1.82, 2.24) is 4.90 Å². The van der Waals surface area contributed by atoms with Crippen LogP contribution in [0.15, 0.2) is 12.7 Å². The van der Waals surface area contributed by atoms with E-state index in [2.05, 4.69) is 6.58 Å². The maximum absolute atomic E-state index is 11.5. The van der Waals surface area contributed by atoms with Crippen molar-refractivity contribution in [3.63, 3.8) is 0 Å². The predicted molar refractivity (Wildman–Crippen MR) is 45.2 cm³/mol. The molecule has 0 saturated carbocycles. The normalized spacial score (nSPS) is 29.2. The Morgan fingerprint density at radius 3 is 2.45 bits per heavy atom. The third-order valence-corrected chi connectivity index (χ3v) is 2.39. The number of likely N-dealkylation sites (N-methyl/N-ethyl adjacent to an activating group) is 1. The molecule has 1 heterocycles. The molecule has 1 aliphatic heterocycles. The summed E-state index contributed by atoms with van der Waals surface area (Å²) >= 11 is 0. The second kappa shape index (κ2) is 2.36. The van der Waals surface area contributed by atoms with Crippen LogP contribution < -0.4 is 0 Å². The summed E-state index contributed by atoms with van der Waals surface area (Å²) in [4.78, 5) is 13.2. The maximum Gasteiger partial charge on any atom is 0.228 e. The number of rotatable bonds is 1. The van der Waals surface area contributed by atoms with E-state index in [9.17, 15) is 4.79 Å². The van der Waals surface area contributed by atoms with Gasteiger partial charge in [0.15, 0.2) is 0 Å². The Labute approximate surface area is 67.9 Å². The fourth-order valence-corrected chi connectivity index (χ4v) is 1.62. The Morgan fingerprint density at radius 2 is 2.27 bits per heavy atom. The lowest BCUT2D eigenvalue weighted by atomic mass is 9.90. The van der Waals surface area contributed by atoms with E-state index < -0.39 is 0 Å². The molecule has 0 bridgehead atoms. The van der Waals surface area contributed by atoms with Gasteiger partial charge in [0.25, 0.3) is 0 Å². The van der Waals surface area contributed by atoms with Crippen molar-refractivity contribution in [2.75, 3.05) is 7.05 Å². The van der Waals surface area contributed by atoms with Crippen LogP contribution in [0.1, 0.15) is 20.3 Å². The van der Waals surface area contributed by atoms with Crippen LogP contribution >= 0.6 is 0 Å². The van der Waals surface area contributed by atoms with Gasteiger partial charge in [-0.25, -0.2) is 0 Å². The Morgan fingerprint density at radius 1 is 1.73 bits per heavy atom. The van der Waals surface area contributed by atoms with Crippen molar-refractivity contribution >= 4 is 5.91 Å². The average Bonchev–Trinajstić information content (AvgIpc) is 2.13. The molecule has 0 radical (unpaired) electrons. The first-order chi connectivity index (χ1) is 4.99. The van der Waals surface area contributed by atoms with Crippen molar-refractivity contribution in [2.24, 2.45) is 5.41 Å². The van der Waals surface area contributed by atoms with E-state index in [1.165, 1.54) is 0 Å². The molecule has 62 valence electrons. The van der Waals surface area contributed by atoms with Gasteiger partial charge in [0.05, 0.1) is 6.04 Å². The van der Waals surface area contributed by atoms with E-state index in [4.69, 9.17) is 0 Å². The topological polar surface area (TPSA) is 20.3 Å². The molecule has 0 aromatic rings. The SMILES string of the molecule is C=CC1CC(C)(C)C(=O)N1C. The van der Waals surface area contributed by atoms with Crippen LogP contribution in [0.2, 0.25) is 0 Å². The van der Waals surface area contributed by atoms with Crippen LogP contribution in [-0.2, 0) is 4.79 Å². The van der Waals surface area contributed by atoms with Gasteiger partial charge in [0.1, 0.15) is 0 Å². The van der Waals surface area contributed by atoms with Crippen molar-refractivity contribution in [3.8, 4) is 0 Å². The van der Waals surface area contributed by atoms with Crippen molar-refractivity contribution < 1.29 is 4.79 Å². The zero-order chi connectivity index (χ0) is 8.65. The van der Waals surface area contributed by atoms with E-state index in [1.807, 2.05) is 27.0 Å². The number of carbonyl (C=O) groups excluding carboxylic acids is 1. The number of carbonyl (C=O) groups is 1. The van der Waals surface area contributed by atoms with Gasteiger partial charge in [-0.3, -0.25) is 4.79 Å². The fraction of sp³-hybridized carbons (Fsp3) is 0.667. The van der Waals surface area contributed by atoms with E-state index >= 15 is 0 Å². The Kier molecular flexibility index (Phi) is 1.78. The van der Waals surface area contributed by atoms with Gasteiger partial charge < -0.3 is 4.90 Å². The van der Waals surface area contributed by atoms with E-state index in [1.54, 1.807) is 4.90 Å². The Bertz CT molecular complexity index is 196. The van der Waals surface area contributed by atoms with Gasteiger partial charge in [-0.2, -0.15) is 0 Å². The van der Waals surface area contributed by atoms with Gasteiger partial charge in [-0.1, -0.05) is 19.9 Å². The summed E-state index contributed by atoms with van der Waals surface area (Å²) in [6.07, 6.45) is 2.73.